The van der Waals surface area contributed by atoms with Crippen molar-refractivity contribution in [1.29, 1.82) is 5.26 Å². The summed E-state index contributed by atoms with van der Waals surface area (Å²) in [7, 11) is 0. The second kappa shape index (κ2) is 3.39. The molecule has 11 heavy (non-hydrogen) atoms. The van der Waals surface area contributed by atoms with Gasteiger partial charge in [0.25, 0.3) is 0 Å². The topological polar surface area (TPSA) is 52.9 Å². The minimum Gasteiger partial charge on any atom is -0.351 e. The molecule has 3 unspecified atom stereocenters. The van der Waals surface area contributed by atoms with Crippen molar-refractivity contribution in [3.8, 4) is 6.07 Å². The van der Waals surface area contributed by atoms with Crippen molar-refractivity contribution in [2.24, 2.45) is 5.92 Å². The van der Waals surface area contributed by atoms with Crippen molar-refractivity contribution >= 4 is 28.5 Å². The highest BCUT2D eigenvalue weighted by atomic mass is 127. The Bertz CT molecular complexity index is 211. The number of nitrogens with zero attached hydrogens (tertiary/aromatic N) is 1. The summed E-state index contributed by atoms with van der Waals surface area (Å²) in [6, 6.07) is 2.19. The smallest absolute Gasteiger partial charge is 0.237 e. The predicted molar refractivity (Wildman–Crippen MR) is 49.1 cm³/mol. The summed E-state index contributed by atoms with van der Waals surface area (Å²) in [5.74, 6) is -0.555. The van der Waals surface area contributed by atoms with Crippen LogP contribution in [0.1, 0.15) is 13.3 Å². The summed E-state index contributed by atoms with van der Waals surface area (Å²) in [6.07, 6.45) is 0.685. The molecule has 1 rings (SSSR count). The van der Waals surface area contributed by atoms with Crippen molar-refractivity contribution < 1.29 is 4.79 Å². The lowest BCUT2D eigenvalue weighted by atomic mass is 9.96. The third kappa shape index (κ3) is 1.83. The van der Waals surface area contributed by atoms with Gasteiger partial charge in [0.15, 0.2) is 0 Å². The molecule has 3 nitrogen and oxygen atoms in total. The molecule has 0 aromatic rings. The first-order chi connectivity index (χ1) is 5.15. The Morgan fingerprint density at radius 3 is 3.00 bits per heavy atom. The number of hydrogen-bond acceptors (Lipinski definition) is 2. The first-order valence-corrected chi connectivity index (χ1v) is 4.73. The van der Waals surface area contributed by atoms with Crippen LogP contribution < -0.4 is 5.32 Å². The van der Waals surface area contributed by atoms with Crippen LogP contribution in [0, 0.1) is 17.2 Å². The maximum absolute atomic E-state index is 11.0. The molecule has 0 saturated carbocycles. The van der Waals surface area contributed by atoms with E-state index in [4.69, 9.17) is 5.26 Å². The molecular weight excluding hydrogens is 255 g/mol. The van der Waals surface area contributed by atoms with Crippen molar-refractivity contribution in [1.82, 2.24) is 5.32 Å². The van der Waals surface area contributed by atoms with Crippen molar-refractivity contribution in [2.75, 3.05) is 0 Å². The molecule has 1 aliphatic rings. The molecule has 1 fully saturated rings. The summed E-state index contributed by atoms with van der Waals surface area (Å²) in [5.41, 5.74) is 0. The molecule has 1 heterocycles. The summed E-state index contributed by atoms with van der Waals surface area (Å²) in [5, 5.41) is 11.3. The van der Waals surface area contributed by atoms with E-state index in [1.165, 1.54) is 0 Å². The molecule has 1 amide bonds. The van der Waals surface area contributed by atoms with E-state index in [0.717, 1.165) is 0 Å². The first-order valence-electron chi connectivity index (χ1n) is 3.49. The monoisotopic (exact) mass is 264 g/mol. The van der Waals surface area contributed by atoms with E-state index in [2.05, 4.69) is 27.9 Å². The zero-order valence-electron chi connectivity index (χ0n) is 6.17. The lowest BCUT2D eigenvalue weighted by molar-refractivity contribution is -0.125. The second-order valence-corrected chi connectivity index (χ2v) is 4.33. The molecule has 1 N–H and O–H groups in total. The van der Waals surface area contributed by atoms with E-state index >= 15 is 0 Å². The predicted octanol–water partition coefficient (Wildman–Crippen LogP) is 0.838. The fourth-order valence-electron chi connectivity index (χ4n) is 1.06. The fourth-order valence-corrected chi connectivity index (χ4v) is 1.75. The third-order valence-corrected chi connectivity index (χ3v) is 3.43. The van der Waals surface area contributed by atoms with Crippen LogP contribution >= 0.6 is 22.6 Å². The molecule has 0 aromatic carbocycles. The maximum Gasteiger partial charge on any atom is 0.237 e. The van der Waals surface area contributed by atoms with Crippen LogP contribution in [0.4, 0.5) is 0 Å². The maximum atomic E-state index is 11.0. The van der Waals surface area contributed by atoms with Gasteiger partial charge in [0, 0.05) is 9.97 Å². The molecular formula is C7H9IN2O. The Morgan fingerprint density at radius 1 is 1.82 bits per heavy atom. The lowest BCUT2D eigenvalue weighted by Gasteiger charge is -2.27. The van der Waals surface area contributed by atoms with Crippen LogP contribution in [-0.4, -0.2) is 15.9 Å². The largest absolute Gasteiger partial charge is 0.351 e. The van der Waals surface area contributed by atoms with Crippen LogP contribution in [0.2, 0.25) is 0 Å². The molecule has 1 saturated heterocycles. The Kier molecular flexibility index (Phi) is 2.71. The number of alkyl halides is 1. The van der Waals surface area contributed by atoms with Crippen LogP contribution in [0.25, 0.3) is 0 Å². The van der Waals surface area contributed by atoms with E-state index in [9.17, 15) is 4.79 Å². The highest BCUT2D eigenvalue weighted by molar-refractivity contribution is 14.1. The van der Waals surface area contributed by atoms with Crippen molar-refractivity contribution in [3.05, 3.63) is 0 Å². The summed E-state index contributed by atoms with van der Waals surface area (Å²) >= 11 is 2.27. The second-order valence-electron chi connectivity index (χ2n) is 2.73. The molecule has 4 heteroatoms. The van der Waals surface area contributed by atoms with Gasteiger partial charge in [-0.2, -0.15) is 5.26 Å². The van der Waals surface area contributed by atoms with Gasteiger partial charge in [-0.3, -0.25) is 4.79 Å². The number of carbonyl (C=O) groups is 1. The number of hydrogen-bond donors (Lipinski definition) is 1. The molecule has 60 valence electrons. The highest BCUT2D eigenvalue weighted by Gasteiger charge is 2.31. The summed E-state index contributed by atoms with van der Waals surface area (Å²) in [4.78, 5) is 11.0. The van der Waals surface area contributed by atoms with Gasteiger partial charge in [0.05, 0.1) is 6.07 Å². The zero-order chi connectivity index (χ0) is 8.43. The van der Waals surface area contributed by atoms with Gasteiger partial charge in [0.1, 0.15) is 5.92 Å². The molecule has 3 atom stereocenters. The molecule has 1 aliphatic heterocycles. The molecule has 0 bridgehead atoms. The van der Waals surface area contributed by atoms with Gasteiger partial charge >= 0.3 is 0 Å². The van der Waals surface area contributed by atoms with Crippen LogP contribution in [0.3, 0.4) is 0 Å². The van der Waals surface area contributed by atoms with E-state index < -0.39 is 5.92 Å². The molecule has 0 spiro atoms. The first kappa shape index (κ1) is 8.78. The van der Waals surface area contributed by atoms with E-state index in [1.54, 1.807) is 0 Å². The van der Waals surface area contributed by atoms with Crippen molar-refractivity contribution in [2.45, 2.75) is 23.3 Å². The fraction of sp³-hybridized carbons (Fsp3) is 0.714. The van der Waals surface area contributed by atoms with Gasteiger partial charge in [-0.05, 0) is 13.3 Å². The number of carbonyl (C=O) groups excluding carboxylic acids is 1. The van der Waals surface area contributed by atoms with Gasteiger partial charge in [-0.15, -0.1) is 0 Å². The molecule has 0 radical (unpaired) electrons. The van der Waals surface area contributed by atoms with Gasteiger partial charge < -0.3 is 5.32 Å². The van der Waals surface area contributed by atoms with Gasteiger partial charge in [0.2, 0.25) is 5.91 Å². The van der Waals surface area contributed by atoms with E-state index in [0.29, 0.717) is 10.3 Å². The van der Waals surface area contributed by atoms with Gasteiger partial charge in [-0.1, -0.05) is 22.6 Å². The number of nitrogens with one attached hydrogen (secondary N) is 1. The Balaban J connectivity index is 2.64. The quantitative estimate of drug-likeness (QED) is 0.520. The van der Waals surface area contributed by atoms with Crippen LogP contribution in [-0.2, 0) is 4.79 Å². The number of piperidine rings is 1. The Morgan fingerprint density at radius 2 is 2.45 bits per heavy atom. The minimum absolute atomic E-state index is 0.118. The molecule has 0 aliphatic carbocycles. The highest BCUT2D eigenvalue weighted by Crippen LogP contribution is 2.21. The number of halogens is 1. The summed E-state index contributed by atoms with van der Waals surface area (Å²) < 4.78 is 0.384. The minimum atomic E-state index is -0.437. The number of nitriles is 1. The molecule has 0 aromatic heterocycles. The number of amides is 1. The van der Waals surface area contributed by atoms with Crippen LogP contribution in [0.5, 0.6) is 0 Å². The standard InChI is InChI=1S/C7H9IN2O/c1-4-6(8)2-5(3-9)7(11)10-4/h4-6H,2H2,1H3,(H,10,11). The number of rotatable bonds is 0. The lowest BCUT2D eigenvalue weighted by Crippen LogP contribution is -2.48. The average molecular weight is 264 g/mol. The van der Waals surface area contributed by atoms with E-state index in [-0.39, 0.29) is 11.9 Å². The average Bonchev–Trinajstić information content (AvgIpc) is 1.97. The zero-order valence-corrected chi connectivity index (χ0v) is 8.33. The summed E-state index contributed by atoms with van der Waals surface area (Å²) in [6.45, 7) is 1.96. The normalized spacial score (nSPS) is 37.5. The SMILES string of the molecule is CC1NC(=O)C(C#N)CC1I. The van der Waals surface area contributed by atoms with Crippen molar-refractivity contribution in [3.63, 3.8) is 0 Å². The van der Waals surface area contributed by atoms with Gasteiger partial charge in [-0.25, -0.2) is 0 Å². The Labute approximate surface area is 79.3 Å². The van der Waals surface area contributed by atoms with Crippen LogP contribution in [0.15, 0.2) is 0 Å². The third-order valence-electron chi connectivity index (χ3n) is 1.85. The van der Waals surface area contributed by atoms with E-state index in [1.807, 2.05) is 13.0 Å². The Hall–Kier alpha value is -0.310.